The van der Waals surface area contributed by atoms with Gasteiger partial charge in [-0.05, 0) is 30.4 Å². The van der Waals surface area contributed by atoms with Gasteiger partial charge < -0.3 is 0 Å². The number of fused-ring (bicyclic) bond motifs is 1. The van der Waals surface area contributed by atoms with Crippen LogP contribution < -0.4 is 0 Å². The van der Waals surface area contributed by atoms with E-state index in [9.17, 15) is 0 Å². The SMILES string of the molecule is CCCCCCc1ccc(-c2cccc3[cH-]c(CCCC)cc23)cc1.[Zr]. The Balaban J connectivity index is 0.00000243. The monoisotopic (exact) mass is 421 g/mol. The fraction of sp³-hybridized carbons (Fsp3) is 0.400. The minimum Gasteiger partial charge on any atom is -0.164 e. The van der Waals surface area contributed by atoms with Crippen LogP contribution in [0.5, 0.6) is 0 Å². The summed E-state index contributed by atoms with van der Waals surface area (Å²) in [6, 6.07) is 20.7. The Morgan fingerprint density at radius 1 is 0.769 bits per heavy atom. The molecule has 136 valence electrons. The Bertz CT molecular complexity index is 780. The third-order valence-corrected chi connectivity index (χ3v) is 5.21. The van der Waals surface area contributed by atoms with Crippen molar-refractivity contribution in [1.29, 1.82) is 0 Å². The molecule has 0 nitrogen and oxygen atoms in total. The molecule has 3 aromatic rings. The predicted octanol–water partition coefficient (Wildman–Crippen LogP) is 7.69. The Hall–Kier alpha value is -1.07. The van der Waals surface area contributed by atoms with Crippen molar-refractivity contribution in [2.24, 2.45) is 0 Å². The first-order valence-corrected chi connectivity index (χ1v) is 10.1. The van der Waals surface area contributed by atoms with Gasteiger partial charge in [-0.15, -0.1) is 34.5 Å². The molecule has 0 amide bonds. The van der Waals surface area contributed by atoms with E-state index in [0.717, 1.165) is 0 Å². The van der Waals surface area contributed by atoms with E-state index in [0.29, 0.717) is 0 Å². The molecule has 0 aliphatic rings. The standard InChI is InChI=1S/C25H31.Zr/c1-3-5-7-8-11-20-14-16-22(17-15-20)24-13-9-12-23-18-21(10-6-4-2)19-25(23)24;/h9,12-19H,3-8,10-11H2,1-2H3;/q-1;. The number of unbranched alkanes of at least 4 members (excludes halogenated alkanes) is 4. The van der Waals surface area contributed by atoms with E-state index < -0.39 is 0 Å². The summed E-state index contributed by atoms with van der Waals surface area (Å²) in [6.45, 7) is 4.53. The third kappa shape index (κ3) is 5.46. The zero-order chi connectivity index (χ0) is 17.5. The van der Waals surface area contributed by atoms with Crippen molar-refractivity contribution in [1.82, 2.24) is 0 Å². The van der Waals surface area contributed by atoms with Crippen molar-refractivity contribution in [2.45, 2.75) is 65.2 Å². The first-order valence-electron chi connectivity index (χ1n) is 10.1. The summed E-state index contributed by atoms with van der Waals surface area (Å²) < 4.78 is 0. The van der Waals surface area contributed by atoms with Crippen molar-refractivity contribution in [3.8, 4) is 11.1 Å². The van der Waals surface area contributed by atoms with E-state index in [-0.39, 0.29) is 26.2 Å². The molecule has 0 N–H and O–H groups in total. The van der Waals surface area contributed by atoms with Gasteiger partial charge >= 0.3 is 0 Å². The van der Waals surface area contributed by atoms with Gasteiger partial charge in [0.05, 0.1) is 0 Å². The van der Waals surface area contributed by atoms with Gasteiger partial charge in [-0.1, -0.05) is 81.8 Å². The molecule has 0 saturated carbocycles. The molecule has 0 heterocycles. The van der Waals surface area contributed by atoms with Crippen LogP contribution in [0.15, 0.2) is 54.6 Å². The van der Waals surface area contributed by atoms with Crippen LogP contribution in [0.3, 0.4) is 0 Å². The van der Waals surface area contributed by atoms with Gasteiger partial charge in [0.15, 0.2) is 0 Å². The quantitative estimate of drug-likeness (QED) is 0.245. The fourth-order valence-corrected chi connectivity index (χ4v) is 3.68. The largest absolute Gasteiger partial charge is 0.164 e. The molecule has 0 aliphatic heterocycles. The Kier molecular flexibility index (Phi) is 8.93. The van der Waals surface area contributed by atoms with E-state index in [4.69, 9.17) is 0 Å². The van der Waals surface area contributed by atoms with Crippen LogP contribution >= 0.6 is 0 Å². The zero-order valence-corrected chi connectivity index (χ0v) is 18.8. The van der Waals surface area contributed by atoms with E-state index in [2.05, 4.69) is 68.4 Å². The summed E-state index contributed by atoms with van der Waals surface area (Å²) in [4.78, 5) is 0. The molecule has 0 unspecified atom stereocenters. The van der Waals surface area contributed by atoms with Gasteiger partial charge in [-0.3, -0.25) is 0 Å². The molecule has 3 aromatic carbocycles. The molecule has 0 spiro atoms. The molecule has 0 atom stereocenters. The predicted molar refractivity (Wildman–Crippen MR) is 111 cm³/mol. The van der Waals surface area contributed by atoms with E-state index in [1.165, 1.54) is 84.4 Å². The minimum absolute atomic E-state index is 0. The van der Waals surface area contributed by atoms with Crippen molar-refractivity contribution >= 4 is 10.8 Å². The Morgan fingerprint density at radius 2 is 1.54 bits per heavy atom. The molecule has 0 bridgehead atoms. The molecule has 0 aliphatic carbocycles. The number of rotatable bonds is 9. The van der Waals surface area contributed by atoms with Crippen molar-refractivity contribution in [3.05, 3.63) is 65.7 Å². The molecule has 0 aromatic heterocycles. The molecule has 26 heavy (non-hydrogen) atoms. The van der Waals surface area contributed by atoms with Gasteiger partial charge in [0.2, 0.25) is 0 Å². The van der Waals surface area contributed by atoms with Crippen molar-refractivity contribution in [2.75, 3.05) is 0 Å². The van der Waals surface area contributed by atoms with Gasteiger partial charge in [0.1, 0.15) is 0 Å². The maximum atomic E-state index is 2.40. The first-order chi connectivity index (χ1) is 12.3. The molecule has 1 heteroatoms. The summed E-state index contributed by atoms with van der Waals surface area (Å²) in [5.74, 6) is 0. The van der Waals surface area contributed by atoms with Crippen LogP contribution in [0.1, 0.15) is 63.5 Å². The summed E-state index contributed by atoms with van der Waals surface area (Å²) in [7, 11) is 0. The second-order valence-electron chi connectivity index (χ2n) is 7.28. The Labute approximate surface area is 178 Å². The average molecular weight is 423 g/mol. The first kappa shape index (κ1) is 21.2. The summed E-state index contributed by atoms with van der Waals surface area (Å²) in [5.41, 5.74) is 5.67. The second kappa shape index (κ2) is 10.9. The fourth-order valence-electron chi connectivity index (χ4n) is 3.68. The third-order valence-electron chi connectivity index (χ3n) is 5.21. The molecule has 0 saturated heterocycles. The smallest absolute Gasteiger partial charge is 0 e. The normalized spacial score (nSPS) is 10.8. The van der Waals surface area contributed by atoms with Crippen LogP contribution in [0.4, 0.5) is 0 Å². The minimum atomic E-state index is 0. The van der Waals surface area contributed by atoms with Crippen molar-refractivity contribution < 1.29 is 26.2 Å². The van der Waals surface area contributed by atoms with Crippen LogP contribution in [0.25, 0.3) is 21.9 Å². The average Bonchev–Trinajstić information content (AvgIpc) is 3.07. The summed E-state index contributed by atoms with van der Waals surface area (Å²) in [6.07, 6.45) is 10.3. The van der Waals surface area contributed by atoms with Crippen LogP contribution in [-0.4, -0.2) is 0 Å². The molecule has 3 rings (SSSR count). The van der Waals surface area contributed by atoms with Crippen LogP contribution in [0.2, 0.25) is 0 Å². The van der Waals surface area contributed by atoms with E-state index >= 15 is 0 Å². The Morgan fingerprint density at radius 3 is 2.27 bits per heavy atom. The van der Waals surface area contributed by atoms with E-state index in [1.54, 1.807) is 0 Å². The summed E-state index contributed by atoms with van der Waals surface area (Å²) in [5, 5.41) is 2.79. The zero-order valence-electron chi connectivity index (χ0n) is 16.4. The van der Waals surface area contributed by atoms with Gasteiger partial charge in [0, 0.05) is 26.2 Å². The molecular formula is C25H31Zr-. The van der Waals surface area contributed by atoms with Gasteiger partial charge in [-0.25, -0.2) is 0 Å². The molecular weight excluding hydrogens is 391 g/mol. The van der Waals surface area contributed by atoms with E-state index in [1.807, 2.05) is 0 Å². The second-order valence-corrected chi connectivity index (χ2v) is 7.28. The number of hydrogen-bond donors (Lipinski definition) is 0. The molecule has 0 fully saturated rings. The topological polar surface area (TPSA) is 0 Å². The molecule has 0 radical (unpaired) electrons. The number of aryl methyl sites for hydroxylation is 2. The van der Waals surface area contributed by atoms with Crippen LogP contribution in [-0.2, 0) is 39.0 Å². The maximum absolute atomic E-state index is 2.40. The number of hydrogen-bond acceptors (Lipinski definition) is 0. The van der Waals surface area contributed by atoms with Gasteiger partial charge in [-0.2, -0.15) is 6.07 Å². The van der Waals surface area contributed by atoms with Crippen molar-refractivity contribution in [3.63, 3.8) is 0 Å². The maximum Gasteiger partial charge on any atom is 0 e. The summed E-state index contributed by atoms with van der Waals surface area (Å²) >= 11 is 0. The number of benzene rings is 2. The van der Waals surface area contributed by atoms with Crippen LogP contribution in [0, 0.1) is 0 Å². The van der Waals surface area contributed by atoms with Gasteiger partial charge in [0.25, 0.3) is 0 Å².